The first-order valence-corrected chi connectivity index (χ1v) is 12.9. The summed E-state index contributed by atoms with van der Waals surface area (Å²) in [6.07, 6.45) is 2.95. The molecule has 0 aliphatic carbocycles. The number of hydrogen-bond acceptors (Lipinski definition) is 7. The minimum atomic E-state index is -4.08. The van der Waals surface area contributed by atoms with Crippen LogP contribution >= 0.6 is 11.6 Å². The second-order valence-electron chi connectivity index (χ2n) is 8.46. The second-order valence-corrected chi connectivity index (χ2v) is 10.5. The minimum Gasteiger partial charge on any atom is -0.480 e. The number of nitrogens with zero attached hydrogens (tertiary/aromatic N) is 3. The largest absolute Gasteiger partial charge is 0.480 e. The number of aromatic nitrogens is 2. The Morgan fingerprint density at radius 1 is 1.17 bits per heavy atom. The summed E-state index contributed by atoms with van der Waals surface area (Å²) in [6.45, 7) is 6.23. The van der Waals surface area contributed by atoms with Crippen LogP contribution in [0.5, 0.6) is 5.88 Å². The van der Waals surface area contributed by atoms with E-state index in [2.05, 4.69) is 19.6 Å². The zero-order valence-electron chi connectivity index (χ0n) is 19.5. The number of benzene rings is 1. The van der Waals surface area contributed by atoms with Crippen molar-refractivity contribution < 1.29 is 22.3 Å². The molecule has 186 valence electrons. The molecule has 1 aliphatic heterocycles. The fourth-order valence-corrected chi connectivity index (χ4v) is 5.56. The number of sulfonamides is 1. The number of morpholine rings is 1. The highest BCUT2D eigenvalue weighted by atomic mass is 35.5. The lowest BCUT2D eigenvalue weighted by Crippen LogP contribution is -2.44. The van der Waals surface area contributed by atoms with Gasteiger partial charge in [-0.05, 0) is 49.7 Å². The first-order valence-electron chi connectivity index (χ1n) is 11.0. The summed E-state index contributed by atoms with van der Waals surface area (Å²) in [6, 6.07) is 9.17. The van der Waals surface area contributed by atoms with Crippen molar-refractivity contribution in [3.63, 3.8) is 0 Å². The topological polar surface area (TPSA) is 93.6 Å². The Kier molecular flexibility index (Phi) is 7.56. The maximum Gasteiger partial charge on any atom is 0.267 e. The lowest BCUT2D eigenvalue weighted by Gasteiger charge is -2.35. The first-order chi connectivity index (χ1) is 16.6. The van der Waals surface area contributed by atoms with Crippen LogP contribution < -0.4 is 9.46 Å². The molecule has 0 radical (unpaired) electrons. The molecule has 3 aromatic rings. The van der Waals surface area contributed by atoms with E-state index >= 15 is 4.39 Å². The maximum atomic E-state index is 15.1. The molecule has 1 aromatic carbocycles. The maximum absolute atomic E-state index is 15.1. The van der Waals surface area contributed by atoms with E-state index in [-0.39, 0.29) is 39.3 Å². The fraction of sp³-hybridized carbons (Fsp3) is 0.333. The Morgan fingerprint density at radius 3 is 2.60 bits per heavy atom. The Morgan fingerprint density at radius 2 is 1.91 bits per heavy atom. The highest BCUT2D eigenvalue weighted by Crippen LogP contribution is 2.29. The number of ether oxygens (including phenoxy) is 2. The van der Waals surface area contributed by atoms with Gasteiger partial charge in [-0.2, -0.15) is 0 Å². The van der Waals surface area contributed by atoms with E-state index in [1.165, 1.54) is 43.8 Å². The lowest BCUT2D eigenvalue weighted by molar-refractivity contribution is -0.0705. The summed E-state index contributed by atoms with van der Waals surface area (Å²) < 4.78 is 54.2. The van der Waals surface area contributed by atoms with Gasteiger partial charge in [0, 0.05) is 37.6 Å². The zero-order chi connectivity index (χ0) is 25.2. The molecule has 0 amide bonds. The van der Waals surface area contributed by atoms with Gasteiger partial charge in [0.1, 0.15) is 5.82 Å². The Hall–Kier alpha value is -2.79. The number of pyridine rings is 2. The average molecular weight is 521 g/mol. The van der Waals surface area contributed by atoms with E-state index in [1.807, 2.05) is 19.9 Å². The second kappa shape index (κ2) is 10.4. The van der Waals surface area contributed by atoms with Gasteiger partial charge >= 0.3 is 0 Å². The zero-order valence-corrected chi connectivity index (χ0v) is 21.1. The van der Waals surface area contributed by atoms with Crippen molar-refractivity contribution in [1.82, 2.24) is 14.9 Å². The molecule has 35 heavy (non-hydrogen) atoms. The molecule has 1 aliphatic rings. The molecular weight excluding hydrogens is 495 g/mol. The van der Waals surface area contributed by atoms with Crippen molar-refractivity contribution >= 4 is 27.3 Å². The van der Waals surface area contributed by atoms with Crippen LogP contribution in [0, 0.1) is 5.82 Å². The van der Waals surface area contributed by atoms with E-state index in [0.717, 1.165) is 18.7 Å². The molecule has 11 heteroatoms. The smallest absolute Gasteiger partial charge is 0.267 e. The monoisotopic (exact) mass is 520 g/mol. The third-order valence-corrected chi connectivity index (χ3v) is 7.07. The van der Waals surface area contributed by atoms with Crippen LogP contribution in [0.15, 0.2) is 53.7 Å². The summed E-state index contributed by atoms with van der Waals surface area (Å²) in [5.41, 5.74) is 1.60. The van der Waals surface area contributed by atoms with Crippen LogP contribution in [0.25, 0.3) is 11.3 Å². The van der Waals surface area contributed by atoms with Gasteiger partial charge in [-0.15, -0.1) is 0 Å². The Bertz CT molecular complexity index is 1310. The van der Waals surface area contributed by atoms with Crippen LogP contribution in [-0.4, -0.2) is 55.7 Å². The SMILES string of the molecule is COc1ncc(Cl)cc1S(=O)(=O)Nc1ccnc(-c2ccc(CN3C[C@@H](C)O[C@@H](C)C3)cc2F)c1. The Balaban J connectivity index is 1.54. The highest BCUT2D eigenvalue weighted by molar-refractivity contribution is 7.92. The quantitative estimate of drug-likeness (QED) is 0.495. The molecule has 2 aromatic heterocycles. The van der Waals surface area contributed by atoms with E-state index < -0.39 is 15.8 Å². The van der Waals surface area contributed by atoms with Gasteiger partial charge in [0.2, 0.25) is 5.88 Å². The van der Waals surface area contributed by atoms with Crippen LogP contribution in [0.3, 0.4) is 0 Å². The molecule has 8 nitrogen and oxygen atoms in total. The molecule has 2 atom stereocenters. The molecule has 4 rings (SSSR count). The number of hydrogen-bond donors (Lipinski definition) is 1. The van der Waals surface area contributed by atoms with Crippen molar-refractivity contribution in [1.29, 1.82) is 0 Å². The molecule has 1 fully saturated rings. The van der Waals surface area contributed by atoms with Gasteiger partial charge in [0.15, 0.2) is 4.90 Å². The predicted molar refractivity (Wildman–Crippen MR) is 132 cm³/mol. The predicted octanol–water partition coefficient (Wildman–Crippen LogP) is 4.35. The molecular formula is C24H26ClFN4O4S. The van der Waals surface area contributed by atoms with Crippen molar-refractivity contribution in [2.75, 3.05) is 24.9 Å². The molecule has 0 spiro atoms. The molecule has 3 heterocycles. The minimum absolute atomic E-state index is 0.0955. The normalized spacial score (nSPS) is 18.9. The third-order valence-electron chi connectivity index (χ3n) is 5.49. The summed E-state index contributed by atoms with van der Waals surface area (Å²) in [5, 5.41) is 0.143. The molecule has 0 saturated carbocycles. The standard InChI is InChI=1S/C24H26ClFN4O4S/c1-15-12-30(13-16(2)34-15)14-17-4-5-20(21(26)8-17)22-10-19(6-7-27-22)29-35(31,32)23-9-18(25)11-28-24(23)33-3/h4-11,15-16H,12-14H2,1-3H3,(H,27,29)/t15-,16+. The summed E-state index contributed by atoms with van der Waals surface area (Å²) in [4.78, 5) is 10.1. The van der Waals surface area contributed by atoms with Gasteiger partial charge in [-0.1, -0.05) is 17.7 Å². The van der Waals surface area contributed by atoms with Crippen LogP contribution in [-0.2, 0) is 21.3 Å². The number of rotatable bonds is 7. The number of halogens is 2. The van der Waals surface area contributed by atoms with E-state index in [0.29, 0.717) is 12.2 Å². The van der Waals surface area contributed by atoms with E-state index in [4.69, 9.17) is 21.1 Å². The molecule has 1 N–H and O–H groups in total. The van der Waals surface area contributed by atoms with Crippen LogP contribution in [0.1, 0.15) is 19.4 Å². The molecule has 0 bridgehead atoms. The van der Waals surface area contributed by atoms with Crippen molar-refractivity contribution in [2.24, 2.45) is 0 Å². The van der Waals surface area contributed by atoms with Crippen molar-refractivity contribution in [3.05, 3.63) is 65.2 Å². The van der Waals surface area contributed by atoms with Gasteiger partial charge in [-0.3, -0.25) is 14.6 Å². The van der Waals surface area contributed by atoms with Crippen molar-refractivity contribution in [2.45, 2.75) is 37.5 Å². The van der Waals surface area contributed by atoms with Crippen LogP contribution in [0.2, 0.25) is 5.02 Å². The molecule has 0 unspecified atom stereocenters. The number of anilines is 1. The number of nitrogens with one attached hydrogen (secondary N) is 1. The summed E-state index contributed by atoms with van der Waals surface area (Å²) >= 11 is 5.92. The first kappa shape index (κ1) is 25.3. The average Bonchev–Trinajstić information content (AvgIpc) is 2.78. The number of methoxy groups -OCH3 is 1. The molecule has 1 saturated heterocycles. The highest BCUT2D eigenvalue weighted by Gasteiger charge is 2.23. The van der Waals surface area contributed by atoms with Crippen LogP contribution in [0.4, 0.5) is 10.1 Å². The third kappa shape index (κ3) is 6.07. The summed E-state index contributed by atoms with van der Waals surface area (Å²) in [7, 11) is -2.77. The van der Waals surface area contributed by atoms with Gasteiger partial charge in [-0.25, -0.2) is 17.8 Å². The fourth-order valence-electron chi connectivity index (χ4n) is 4.14. The van der Waals surface area contributed by atoms with Gasteiger partial charge < -0.3 is 9.47 Å². The van der Waals surface area contributed by atoms with Gasteiger partial charge in [0.25, 0.3) is 10.0 Å². The van der Waals surface area contributed by atoms with E-state index in [9.17, 15) is 8.42 Å². The van der Waals surface area contributed by atoms with E-state index in [1.54, 1.807) is 6.07 Å². The van der Waals surface area contributed by atoms with Gasteiger partial charge in [0.05, 0.1) is 35.7 Å². The Labute approximate surface area is 209 Å². The lowest BCUT2D eigenvalue weighted by atomic mass is 10.1. The summed E-state index contributed by atoms with van der Waals surface area (Å²) in [5.74, 6) is -0.535. The van der Waals surface area contributed by atoms with Crippen molar-refractivity contribution in [3.8, 4) is 17.1 Å².